The van der Waals surface area contributed by atoms with Crippen molar-refractivity contribution in [3.63, 3.8) is 0 Å². The molecule has 0 aliphatic heterocycles. The van der Waals surface area contributed by atoms with Crippen LogP contribution >= 0.6 is 0 Å². The Hall–Kier alpha value is -3.60. The minimum Gasteiger partial charge on any atom is -0.489 e. The molecule has 0 aromatic heterocycles. The number of aryl methyl sites for hydroxylation is 1. The number of carbonyl (C=O) groups excluding carboxylic acids is 2. The first-order chi connectivity index (χ1) is 14.0. The van der Waals surface area contributed by atoms with E-state index in [9.17, 15) is 9.59 Å². The zero-order valence-electron chi connectivity index (χ0n) is 16.4. The number of anilines is 1. The Kier molecular flexibility index (Phi) is 6.63. The minimum absolute atomic E-state index is 0.399. The van der Waals surface area contributed by atoms with Gasteiger partial charge in [0.05, 0.1) is 5.56 Å². The van der Waals surface area contributed by atoms with E-state index >= 15 is 0 Å². The molecule has 0 saturated heterocycles. The van der Waals surface area contributed by atoms with Gasteiger partial charge in [-0.2, -0.15) is 0 Å². The van der Waals surface area contributed by atoms with Crippen LogP contribution in [0.4, 0.5) is 5.69 Å². The maximum Gasteiger partial charge on any atom is 0.338 e. The van der Waals surface area contributed by atoms with Gasteiger partial charge in [-0.1, -0.05) is 48.0 Å². The van der Waals surface area contributed by atoms with Gasteiger partial charge in [0.2, 0.25) is 0 Å². The number of carbonyl (C=O) groups is 2. The highest BCUT2D eigenvalue weighted by Crippen LogP contribution is 2.18. The molecule has 1 atom stereocenters. The van der Waals surface area contributed by atoms with Gasteiger partial charge in [-0.25, -0.2) is 4.79 Å². The Morgan fingerprint density at radius 1 is 0.931 bits per heavy atom. The topological polar surface area (TPSA) is 64.6 Å². The molecule has 3 rings (SSSR count). The predicted molar refractivity (Wildman–Crippen MR) is 112 cm³/mol. The van der Waals surface area contributed by atoms with Gasteiger partial charge < -0.3 is 14.8 Å². The molecule has 0 aliphatic carbocycles. The van der Waals surface area contributed by atoms with Crippen molar-refractivity contribution >= 4 is 17.6 Å². The van der Waals surface area contributed by atoms with Crippen LogP contribution in [0.5, 0.6) is 5.75 Å². The largest absolute Gasteiger partial charge is 0.489 e. The maximum atomic E-state index is 12.3. The number of hydrogen-bond donors (Lipinski definition) is 1. The second-order valence-corrected chi connectivity index (χ2v) is 6.70. The summed E-state index contributed by atoms with van der Waals surface area (Å²) < 4.78 is 11.0. The summed E-state index contributed by atoms with van der Waals surface area (Å²) in [6.45, 7) is 3.90. The summed E-state index contributed by atoms with van der Waals surface area (Å²) in [7, 11) is 0. The highest BCUT2D eigenvalue weighted by atomic mass is 16.5. The van der Waals surface area contributed by atoms with E-state index in [-0.39, 0.29) is 0 Å². The molecular weight excluding hydrogens is 366 g/mol. The van der Waals surface area contributed by atoms with Crippen molar-refractivity contribution in [3.8, 4) is 5.75 Å². The highest BCUT2D eigenvalue weighted by molar-refractivity contribution is 5.97. The van der Waals surface area contributed by atoms with E-state index in [1.807, 2.05) is 43.3 Å². The van der Waals surface area contributed by atoms with Crippen molar-refractivity contribution in [2.75, 3.05) is 5.32 Å². The third-order valence-electron chi connectivity index (χ3n) is 4.28. The summed E-state index contributed by atoms with van der Waals surface area (Å²) >= 11 is 0. The van der Waals surface area contributed by atoms with Crippen LogP contribution < -0.4 is 10.1 Å². The standard InChI is InChI=1S/C24H23NO4/c1-17-7-6-10-20(15-17)24(27)29-18(2)23(26)25-21-11-13-22(14-12-21)28-16-19-8-4-3-5-9-19/h3-15,18H,16H2,1-2H3,(H,25,26)/t18-/m0/s1. The van der Waals surface area contributed by atoms with E-state index in [1.54, 1.807) is 49.4 Å². The minimum atomic E-state index is -0.919. The van der Waals surface area contributed by atoms with Crippen LogP contribution in [-0.4, -0.2) is 18.0 Å². The van der Waals surface area contributed by atoms with E-state index in [4.69, 9.17) is 9.47 Å². The number of hydrogen-bond acceptors (Lipinski definition) is 4. The first-order valence-corrected chi connectivity index (χ1v) is 9.36. The Morgan fingerprint density at radius 2 is 1.66 bits per heavy atom. The molecule has 1 amide bonds. The van der Waals surface area contributed by atoms with Gasteiger partial charge in [-0.05, 0) is 55.8 Å². The summed E-state index contributed by atoms with van der Waals surface area (Å²) in [6.07, 6.45) is -0.919. The van der Waals surface area contributed by atoms with E-state index in [0.29, 0.717) is 23.6 Å². The first-order valence-electron chi connectivity index (χ1n) is 9.36. The average Bonchev–Trinajstić information content (AvgIpc) is 2.74. The number of esters is 1. The van der Waals surface area contributed by atoms with Crippen molar-refractivity contribution in [1.82, 2.24) is 0 Å². The summed E-state index contributed by atoms with van der Waals surface area (Å²) in [4.78, 5) is 24.5. The van der Waals surface area contributed by atoms with Gasteiger partial charge in [0.25, 0.3) is 5.91 Å². The van der Waals surface area contributed by atoms with Crippen LogP contribution in [-0.2, 0) is 16.1 Å². The molecule has 3 aromatic carbocycles. The van der Waals surface area contributed by atoms with E-state index in [1.165, 1.54) is 0 Å². The van der Waals surface area contributed by atoms with Gasteiger partial charge in [0.15, 0.2) is 6.10 Å². The van der Waals surface area contributed by atoms with Gasteiger partial charge in [0.1, 0.15) is 12.4 Å². The van der Waals surface area contributed by atoms with Crippen LogP contribution in [0.2, 0.25) is 0 Å². The van der Waals surface area contributed by atoms with Gasteiger partial charge in [-0.3, -0.25) is 4.79 Å². The molecule has 0 spiro atoms. The summed E-state index contributed by atoms with van der Waals surface area (Å²) in [5.74, 6) is -0.226. The highest BCUT2D eigenvalue weighted by Gasteiger charge is 2.19. The fourth-order valence-corrected chi connectivity index (χ4v) is 2.67. The lowest BCUT2D eigenvalue weighted by atomic mass is 10.1. The maximum absolute atomic E-state index is 12.3. The molecule has 148 valence electrons. The van der Waals surface area contributed by atoms with Crippen molar-refractivity contribution in [1.29, 1.82) is 0 Å². The third kappa shape index (κ3) is 5.94. The first kappa shape index (κ1) is 20.1. The number of nitrogens with one attached hydrogen (secondary N) is 1. The normalized spacial score (nSPS) is 11.4. The van der Waals surface area contributed by atoms with Gasteiger partial charge in [0, 0.05) is 5.69 Å². The molecule has 0 radical (unpaired) electrons. The molecule has 0 unspecified atom stereocenters. The zero-order chi connectivity index (χ0) is 20.6. The summed E-state index contributed by atoms with van der Waals surface area (Å²) in [6, 6.07) is 24.0. The molecule has 0 fully saturated rings. The van der Waals surface area contributed by atoms with E-state index in [0.717, 1.165) is 11.1 Å². The van der Waals surface area contributed by atoms with Gasteiger partial charge in [-0.15, -0.1) is 0 Å². The monoisotopic (exact) mass is 389 g/mol. The van der Waals surface area contributed by atoms with Crippen LogP contribution in [0.25, 0.3) is 0 Å². The van der Waals surface area contributed by atoms with E-state index < -0.39 is 18.0 Å². The van der Waals surface area contributed by atoms with Crippen LogP contribution in [0, 0.1) is 6.92 Å². The molecule has 3 aromatic rings. The molecule has 29 heavy (non-hydrogen) atoms. The Balaban J connectivity index is 1.51. The van der Waals surface area contributed by atoms with E-state index in [2.05, 4.69) is 5.32 Å². The molecule has 1 N–H and O–H groups in total. The lowest BCUT2D eigenvalue weighted by Crippen LogP contribution is -2.30. The summed E-state index contributed by atoms with van der Waals surface area (Å²) in [5.41, 5.74) is 3.05. The van der Waals surface area contributed by atoms with Gasteiger partial charge >= 0.3 is 5.97 Å². The molecule has 0 bridgehead atoms. The zero-order valence-corrected chi connectivity index (χ0v) is 16.4. The number of benzene rings is 3. The second kappa shape index (κ2) is 9.55. The SMILES string of the molecule is Cc1cccc(C(=O)O[C@@H](C)C(=O)Nc2ccc(OCc3ccccc3)cc2)c1. The predicted octanol–water partition coefficient (Wildman–Crippen LogP) is 4.76. The third-order valence-corrected chi connectivity index (χ3v) is 4.28. The van der Waals surface area contributed by atoms with Crippen molar-refractivity contribution in [2.24, 2.45) is 0 Å². The van der Waals surface area contributed by atoms with Crippen molar-refractivity contribution in [3.05, 3.63) is 95.6 Å². The molecule has 0 saturated carbocycles. The fraction of sp³-hybridized carbons (Fsp3) is 0.167. The van der Waals surface area contributed by atoms with Crippen molar-refractivity contribution < 1.29 is 19.1 Å². The van der Waals surface area contributed by atoms with Crippen LogP contribution in [0.15, 0.2) is 78.9 Å². The summed E-state index contributed by atoms with van der Waals surface area (Å²) in [5, 5.41) is 2.74. The quantitative estimate of drug-likeness (QED) is 0.592. The molecule has 5 nitrogen and oxygen atoms in total. The molecule has 0 aliphatic rings. The van der Waals surface area contributed by atoms with Crippen LogP contribution in [0.1, 0.15) is 28.4 Å². The lowest BCUT2D eigenvalue weighted by molar-refractivity contribution is -0.123. The Bertz CT molecular complexity index is 968. The molecule has 5 heteroatoms. The lowest BCUT2D eigenvalue weighted by Gasteiger charge is -2.14. The number of amides is 1. The Morgan fingerprint density at radius 3 is 2.34 bits per heavy atom. The Labute approximate surface area is 170 Å². The van der Waals surface area contributed by atoms with Crippen LogP contribution in [0.3, 0.4) is 0 Å². The molecular formula is C24H23NO4. The number of ether oxygens (including phenoxy) is 2. The van der Waals surface area contributed by atoms with Crippen molar-refractivity contribution in [2.45, 2.75) is 26.6 Å². The average molecular weight is 389 g/mol. The fourth-order valence-electron chi connectivity index (χ4n) is 2.67. The second-order valence-electron chi connectivity index (χ2n) is 6.70. The molecule has 0 heterocycles. The number of rotatable bonds is 7. The smallest absolute Gasteiger partial charge is 0.338 e.